The van der Waals surface area contributed by atoms with Crippen molar-refractivity contribution in [2.45, 2.75) is 18.8 Å². The molecule has 0 spiro atoms. The van der Waals surface area contributed by atoms with Crippen LogP contribution in [0, 0.1) is 0 Å². The zero-order chi connectivity index (χ0) is 22.5. The lowest BCUT2D eigenvalue weighted by Crippen LogP contribution is -2.43. The number of carbonyl (C=O) groups excluding carboxylic acids is 1. The summed E-state index contributed by atoms with van der Waals surface area (Å²) in [6.45, 7) is 4.57. The van der Waals surface area contributed by atoms with E-state index >= 15 is 0 Å². The number of morpholine rings is 1. The summed E-state index contributed by atoms with van der Waals surface area (Å²) in [7, 11) is 1.81. The molecule has 1 fully saturated rings. The van der Waals surface area contributed by atoms with Gasteiger partial charge in [-0.05, 0) is 42.3 Å². The molecule has 1 aliphatic rings. The molecule has 1 amide bonds. The van der Waals surface area contributed by atoms with E-state index in [1.807, 2.05) is 54.3 Å². The van der Waals surface area contributed by atoms with Gasteiger partial charge in [0.05, 0.1) is 18.7 Å². The number of hydrogen-bond acceptors (Lipinski definition) is 7. The zero-order valence-electron chi connectivity index (χ0n) is 18.3. The molecular formula is C23H28N6O2S. The molecule has 9 heteroatoms. The Morgan fingerprint density at radius 1 is 1.34 bits per heavy atom. The summed E-state index contributed by atoms with van der Waals surface area (Å²) in [5.74, 6) is 1.37. The van der Waals surface area contributed by atoms with Crippen LogP contribution in [0.15, 0.2) is 42.7 Å². The van der Waals surface area contributed by atoms with E-state index in [0.717, 1.165) is 40.9 Å². The number of amides is 1. The minimum absolute atomic E-state index is 0.0331. The van der Waals surface area contributed by atoms with Crippen molar-refractivity contribution in [2.24, 2.45) is 0 Å². The van der Waals surface area contributed by atoms with Gasteiger partial charge in [-0.15, -0.1) is 12.6 Å². The third-order valence-corrected chi connectivity index (χ3v) is 5.55. The van der Waals surface area contributed by atoms with Gasteiger partial charge >= 0.3 is 0 Å². The largest absolute Gasteiger partial charge is 0.369 e. The Bertz CT molecular complexity index is 1130. The highest BCUT2D eigenvalue weighted by Crippen LogP contribution is 2.25. The lowest BCUT2D eigenvalue weighted by Gasteiger charge is -2.29. The third kappa shape index (κ3) is 5.05. The van der Waals surface area contributed by atoms with Gasteiger partial charge in [-0.25, -0.2) is 4.98 Å². The molecule has 0 saturated carbocycles. The fraction of sp³-hybridized carbons (Fsp3) is 0.348. The highest BCUT2D eigenvalue weighted by molar-refractivity contribution is 7.80. The Balaban J connectivity index is 1.54. The van der Waals surface area contributed by atoms with E-state index < -0.39 is 0 Å². The monoisotopic (exact) mass is 452 g/mol. The van der Waals surface area contributed by atoms with Crippen LogP contribution < -0.4 is 10.6 Å². The van der Waals surface area contributed by atoms with E-state index in [1.54, 1.807) is 11.0 Å². The third-order valence-electron chi connectivity index (χ3n) is 5.24. The Kier molecular flexibility index (Phi) is 6.96. The average molecular weight is 453 g/mol. The Morgan fingerprint density at radius 3 is 3.00 bits per heavy atom. The first-order chi connectivity index (χ1) is 15.6. The van der Waals surface area contributed by atoms with Crippen molar-refractivity contribution in [3.8, 4) is 5.69 Å². The lowest BCUT2D eigenvalue weighted by molar-refractivity contribution is -0.130. The lowest BCUT2D eigenvalue weighted by atomic mass is 10.2. The maximum Gasteiger partial charge on any atom is 0.246 e. The molecule has 8 nitrogen and oxygen atoms in total. The first kappa shape index (κ1) is 22.2. The number of anilines is 2. The number of nitrogens with one attached hydrogen (secondary N) is 2. The van der Waals surface area contributed by atoms with Crippen LogP contribution in [0.25, 0.3) is 22.7 Å². The second kappa shape index (κ2) is 10.1. The summed E-state index contributed by atoms with van der Waals surface area (Å²) < 4.78 is 7.39. The number of ether oxygens (including phenoxy) is 1. The zero-order valence-corrected chi connectivity index (χ0v) is 19.2. The number of thiol groups is 1. The molecule has 0 radical (unpaired) electrons. The maximum atomic E-state index is 12.4. The first-order valence-corrected chi connectivity index (χ1v) is 11.3. The van der Waals surface area contributed by atoms with Gasteiger partial charge in [-0.2, -0.15) is 4.98 Å². The van der Waals surface area contributed by atoms with Crippen molar-refractivity contribution in [3.05, 3.63) is 48.3 Å². The van der Waals surface area contributed by atoms with E-state index in [-0.39, 0.29) is 11.3 Å². The Hall–Kier alpha value is -3.04. The molecular weight excluding hydrogens is 424 g/mol. The first-order valence-electron chi connectivity index (χ1n) is 10.8. The molecule has 1 atom stereocenters. The van der Waals surface area contributed by atoms with Gasteiger partial charge in [0, 0.05) is 49.7 Å². The van der Waals surface area contributed by atoms with Gasteiger partial charge < -0.3 is 24.8 Å². The van der Waals surface area contributed by atoms with Gasteiger partial charge in [-0.1, -0.05) is 6.92 Å². The predicted octanol–water partition coefficient (Wildman–Crippen LogP) is 3.41. The van der Waals surface area contributed by atoms with Crippen LogP contribution in [0.1, 0.15) is 18.9 Å². The summed E-state index contributed by atoms with van der Waals surface area (Å²) in [6, 6.07) is 8.09. The van der Waals surface area contributed by atoms with Crippen LogP contribution in [0.5, 0.6) is 0 Å². The van der Waals surface area contributed by atoms with Crippen LogP contribution >= 0.6 is 12.6 Å². The van der Waals surface area contributed by atoms with Crippen molar-refractivity contribution < 1.29 is 9.53 Å². The van der Waals surface area contributed by atoms with E-state index in [9.17, 15) is 4.79 Å². The molecule has 2 N–H and O–H groups in total. The summed E-state index contributed by atoms with van der Waals surface area (Å²) >= 11 is 4.30. The quantitative estimate of drug-likeness (QED) is 0.376. The molecule has 1 aliphatic heterocycles. The molecule has 3 heterocycles. The molecule has 1 unspecified atom stereocenters. The summed E-state index contributed by atoms with van der Waals surface area (Å²) in [5.41, 5.74) is 2.56. The standard InChI is InChI=1S/C23H28N6O2S/c1-3-9-25-22-18-6-5-17(13-19(18)26-23(24-2)27-22)28-10-8-16(14-28)4-7-20(30)29-11-12-31-21(32)15-29/h4-8,10,13-14,21,32H,3,9,11-12,15H2,1-2H3,(H2,24,25,26,27)/b7-4+. The Labute approximate surface area is 193 Å². The molecule has 168 valence electrons. The molecule has 2 aromatic heterocycles. The normalized spacial score (nSPS) is 16.6. The molecule has 32 heavy (non-hydrogen) atoms. The second-order valence-corrected chi connectivity index (χ2v) is 8.15. The van der Waals surface area contributed by atoms with Crippen molar-refractivity contribution >= 4 is 47.3 Å². The van der Waals surface area contributed by atoms with Crippen LogP contribution in [-0.4, -0.2) is 64.1 Å². The van der Waals surface area contributed by atoms with E-state index in [2.05, 4.69) is 40.2 Å². The number of aromatic nitrogens is 3. The maximum absolute atomic E-state index is 12.4. The summed E-state index contributed by atoms with van der Waals surface area (Å²) in [5, 5.41) is 7.39. The molecule has 3 aromatic rings. The highest BCUT2D eigenvalue weighted by Gasteiger charge is 2.20. The van der Waals surface area contributed by atoms with Crippen LogP contribution in [-0.2, 0) is 9.53 Å². The van der Waals surface area contributed by atoms with Crippen LogP contribution in [0.3, 0.4) is 0 Å². The van der Waals surface area contributed by atoms with Gasteiger partial charge in [0.1, 0.15) is 11.3 Å². The van der Waals surface area contributed by atoms with Gasteiger partial charge in [0.2, 0.25) is 11.9 Å². The number of benzene rings is 1. The van der Waals surface area contributed by atoms with Crippen LogP contribution in [0.2, 0.25) is 0 Å². The number of hydrogen-bond donors (Lipinski definition) is 3. The fourth-order valence-electron chi connectivity index (χ4n) is 3.55. The van der Waals surface area contributed by atoms with Crippen molar-refractivity contribution in [2.75, 3.05) is 43.9 Å². The predicted molar refractivity (Wildman–Crippen MR) is 132 cm³/mol. The summed E-state index contributed by atoms with van der Waals surface area (Å²) in [4.78, 5) is 23.3. The van der Waals surface area contributed by atoms with E-state index in [1.165, 1.54) is 0 Å². The fourth-order valence-corrected chi connectivity index (χ4v) is 3.85. The van der Waals surface area contributed by atoms with Crippen LogP contribution in [0.4, 0.5) is 11.8 Å². The molecule has 4 rings (SSSR count). The number of nitrogens with zero attached hydrogens (tertiary/aromatic N) is 4. The second-order valence-electron chi connectivity index (χ2n) is 7.57. The van der Waals surface area contributed by atoms with Gasteiger partial charge in [-0.3, -0.25) is 4.79 Å². The molecule has 0 bridgehead atoms. The van der Waals surface area contributed by atoms with Gasteiger partial charge in [0.15, 0.2) is 0 Å². The SMILES string of the molecule is CCCNc1nc(NC)nc2cc(-n3ccc(/C=C/C(=O)N4CCOC(S)C4)c3)ccc12. The van der Waals surface area contributed by atoms with Gasteiger partial charge in [0.25, 0.3) is 0 Å². The minimum Gasteiger partial charge on any atom is -0.369 e. The number of fused-ring (bicyclic) bond motifs is 1. The van der Waals surface area contributed by atoms with E-state index in [4.69, 9.17) is 4.74 Å². The van der Waals surface area contributed by atoms with Crippen molar-refractivity contribution in [3.63, 3.8) is 0 Å². The minimum atomic E-state index is -0.222. The number of carbonyl (C=O) groups is 1. The number of rotatable bonds is 7. The van der Waals surface area contributed by atoms with Crippen molar-refractivity contribution in [1.29, 1.82) is 0 Å². The summed E-state index contributed by atoms with van der Waals surface area (Å²) in [6.07, 6.45) is 8.41. The van der Waals surface area contributed by atoms with Crippen molar-refractivity contribution in [1.82, 2.24) is 19.4 Å². The molecule has 1 aromatic carbocycles. The Morgan fingerprint density at radius 2 is 2.22 bits per heavy atom. The molecule has 1 saturated heterocycles. The molecule has 0 aliphatic carbocycles. The average Bonchev–Trinajstić information content (AvgIpc) is 3.29. The smallest absolute Gasteiger partial charge is 0.246 e. The van der Waals surface area contributed by atoms with E-state index in [0.29, 0.717) is 25.6 Å². The topological polar surface area (TPSA) is 84.3 Å². The highest BCUT2D eigenvalue weighted by atomic mass is 32.1.